The molecule has 0 saturated carbocycles. The topological polar surface area (TPSA) is 18.7 Å². The molecule has 0 radical (unpaired) electrons. The highest BCUT2D eigenvalue weighted by Crippen LogP contribution is 1.99. The molecule has 0 amide bonds. The van der Waals surface area contributed by atoms with E-state index >= 15 is 0 Å². The molecule has 0 spiro atoms. The molecule has 2 aromatic heterocycles. The van der Waals surface area contributed by atoms with Gasteiger partial charge in [-0.05, 0) is 12.2 Å². The third kappa shape index (κ3) is 10.1. The Morgan fingerprint density at radius 2 is 1.63 bits per heavy atom. The average Bonchev–Trinajstić information content (AvgIpc) is 3.37. The summed E-state index contributed by atoms with van der Waals surface area (Å²) in [6.07, 6.45) is 16.9. The highest BCUT2D eigenvalue weighted by Gasteiger charge is 2.05. The molecular weight excluding hydrogens is 370 g/mol. The van der Waals surface area contributed by atoms with Gasteiger partial charge in [0, 0.05) is 45.4 Å². The van der Waals surface area contributed by atoms with Crippen molar-refractivity contribution in [1.82, 2.24) is 4.68 Å². The molecule has 0 saturated heterocycles. The van der Waals surface area contributed by atoms with Crippen LogP contribution in [0.3, 0.4) is 0 Å². The minimum Gasteiger partial charge on any atom is -0.209 e. The quantitative estimate of drug-likeness (QED) is 0.590. The van der Waals surface area contributed by atoms with Gasteiger partial charge < -0.3 is 0 Å². The molecule has 5 nitrogen and oxygen atoms in total. The number of allylic oxidation sites excluding steroid dienone is 3. The first-order chi connectivity index (χ1) is 13.7. The van der Waals surface area contributed by atoms with Gasteiger partial charge >= 0.3 is 0 Å². The lowest BCUT2D eigenvalue weighted by Gasteiger charge is -1.87. The van der Waals surface area contributed by atoms with E-state index in [0.717, 1.165) is 12.8 Å². The lowest BCUT2D eigenvalue weighted by Crippen LogP contribution is -2.35. The third-order valence-corrected chi connectivity index (χ3v) is 5.11. The Morgan fingerprint density at radius 3 is 1.83 bits per heavy atom. The summed E-state index contributed by atoms with van der Waals surface area (Å²) in [6.45, 7) is 6.34. The normalized spacial score (nSPS) is 13.6. The van der Waals surface area contributed by atoms with E-state index in [1.807, 2.05) is 67.3 Å². The van der Waals surface area contributed by atoms with Crippen LogP contribution in [0.4, 0.5) is 0 Å². The zero-order chi connectivity index (χ0) is 21.8. The highest BCUT2D eigenvalue weighted by molar-refractivity contribution is 5.79. The van der Waals surface area contributed by atoms with Crippen LogP contribution in [0.25, 0.3) is 0 Å². The summed E-state index contributed by atoms with van der Waals surface area (Å²) in [7, 11) is 10.2. The Morgan fingerprint density at radius 1 is 0.933 bits per heavy atom. The first-order valence-corrected chi connectivity index (χ1v) is 10.1. The van der Waals surface area contributed by atoms with Gasteiger partial charge in [-0.25, -0.2) is 13.7 Å². The number of pyridine rings is 1. The summed E-state index contributed by atoms with van der Waals surface area (Å²) in [6, 6.07) is 8.14. The second kappa shape index (κ2) is 14.2. The predicted molar refractivity (Wildman–Crippen MR) is 127 cm³/mol. The number of aromatic nitrogens is 3. The molecule has 5 heteroatoms. The molecule has 0 atom stereocenters. The van der Waals surface area contributed by atoms with E-state index in [0.29, 0.717) is 0 Å². The molecule has 30 heavy (non-hydrogen) atoms. The standard InChI is InChI=1S/C7H10N.2C6H10N.C5H9N2.CH4/c1-7-5-3-4-6-8(7)2;3*1-6-4-3-5-7(6)2;/h3-6H,1-2H3;4-5H,3H2,1-2H3;3,5H,4H2,1-2H3;3-5H,1-2H3;1H4/q4*+1;. The maximum Gasteiger partial charge on any atom is 0.195 e. The summed E-state index contributed by atoms with van der Waals surface area (Å²) in [5.74, 6) is 0. The molecule has 2 aliphatic rings. The van der Waals surface area contributed by atoms with Crippen LogP contribution in [0.15, 0.2) is 66.9 Å². The summed E-state index contributed by atoms with van der Waals surface area (Å²) in [5, 5.41) is 0. The van der Waals surface area contributed by atoms with Crippen LogP contribution < -0.4 is 9.25 Å². The molecule has 164 valence electrons. The molecule has 0 aromatic carbocycles. The maximum absolute atomic E-state index is 2.21. The Hall–Kier alpha value is -2.82. The largest absolute Gasteiger partial charge is 0.209 e. The lowest BCUT2D eigenvalue weighted by atomic mass is 10.3. The van der Waals surface area contributed by atoms with Crippen LogP contribution in [-0.2, 0) is 21.1 Å². The van der Waals surface area contributed by atoms with Gasteiger partial charge in [0.1, 0.15) is 27.4 Å². The van der Waals surface area contributed by atoms with E-state index in [9.17, 15) is 0 Å². The van der Waals surface area contributed by atoms with Crippen LogP contribution in [0.2, 0.25) is 0 Å². The van der Waals surface area contributed by atoms with Gasteiger partial charge in [-0.2, -0.15) is 4.68 Å². The van der Waals surface area contributed by atoms with Crippen LogP contribution in [0, 0.1) is 6.92 Å². The van der Waals surface area contributed by atoms with E-state index < -0.39 is 0 Å². The predicted octanol–water partition coefficient (Wildman–Crippen LogP) is 3.32. The van der Waals surface area contributed by atoms with Gasteiger partial charge in [0.25, 0.3) is 0 Å². The molecule has 0 N–H and O–H groups in total. The van der Waals surface area contributed by atoms with Crippen molar-refractivity contribution in [3.63, 3.8) is 0 Å². The minimum absolute atomic E-state index is 0. The molecule has 0 unspecified atom stereocenters. The van der Waals surface area contributed by atoms with Crippen LogP contribution in [-0.4, -0.2) is 39.9 Å². The molecule has 2 aromatic rings. The van der Waals surface area contributed by atoms with Crippen molar-refractivity contribution in [3.05, 3.63) is 72.6 Å². The summed E-state index contributed by atoms with van der Waals surface area (Å²) in [4.78, 5) is 0. The Kier molecular flexibility index (Phi) is 12.9. The molecule has 4 heterocycles. The first-order valence-electron chi connectivity index (χ1n) is 10.1. The fourth-order valence-electron chi connectivity index (χ4n) is 2.43. The van der Waals surface area contributed by atoms with Gasteiger partial charge in [0.2, 0.25) is 0 Å². The Labute approximate surface area is 184 Å². The van der Waals surface area contributed by atoms with Gasteiger partial charge in [0.05, 0.1) is 19.7 Å². The molecule has 0 bridgehead atoms. The number of hydrogen-bond acceptors (Lipinski definition) is 0. The Balaban J connectivity index is 0.000000370. The zero-order valence-electron chi connectivity index (χ0n) is 19.5. The summed E-state index contributed by atoms with van der Waals surface area (Å²) in [5.41, 5.74) is 4.08. The van der Waals surface area contributed by atoms with E-state index in [4.69, 9.17) is 0 Å². The van der Waals surface area contributed by atoms with Crippen LogP contribution in [0.1, 0.15) is 39.8 Å². The highest BCUT2D eigenvalue weighted by atomic mass is 15.4. The van der Waals surface area contributed by atoms with Crippen molar-refractivity contribution in [1.29, 1.82) is 0 Å². The van der Waals surface area contributed by atoms with Gasteiger partial charge in [-0.3, -0.25) is 0 Å². The summed E-state index contributed by atoms with van der Waals surface area (Å²) < 4.78 is 10.4. The molecule has 0 fully saturated rings. The van der Waals surface area contributed by atoms with Gasteiger partial charge in [-0.15, -0.1) is 4.68 Å². The molecule has 4 rings (SSSR count). The van der Waals surface area contributed by atoms with E-state index in [-0.39, 0.29) is 7.43 Å². The number of hydrogen-bond donors (Lipinski definition) is 0. The number of rotatable bonds is 0. The van der Waals surface area contributed by atoms with Crippen molar-refractivity contribution >= 4 is 11.9 Å². The monoisotopic (exact) mass is 413 g/mol. The zero-order valence-corrected chi connectivity index (χ0v) is 19.5. The lowest BCUT2D eigenvalue weighted by molar-refractivity contribution is -0.751. The molecule has 0 aliphatic carbocycles. The smallest absolute Gasteiger partial charge is 0.195 e. The van der Waals surface area contributed by atoms with Crippen molar-refractivity contribution in [2.24, 2.45) is 21.1 Å². The van der Waals surface area contributed by atoms with E-state index in [2.05, 4.69) is 79.2 Å². The third-order valence-electron chi connectivity index (χ3n) is 5.11. The van der Waals surface area contributed by atoms with Gasteiger partial charge in [-0.1, -0.05) is 13.5 Å². The second-order valence-electron chi connectivity index (χ2n) is 7.40. The van der Waals surface area contributed by atoms with Crippen LogP contribution >= 0.6 is 0 Å². The average molecular weight is 414 g/mol. The minimum atomic E-state index is 0. The van der Waals surface area contributed by atoms with Crippen molar-refractivity contribution in [2.75, 3.05) is 14.1 Å². The summed E-state index contributed by atoms with van der Waals surface area (Å²) >= 11 is 0. The van der Waals surface area contributed by atoms with Crippen molar-refractivity contribution < 1.29 is 18.4 Å². The first kappa shape index (κ1) is 27.2. The number of aryl methyl sites for hydroxylation is 4. The fraction of sp³-hybridized carbons (Fsp3) is 0.440. The maximum atomic E-state index is 2.21. The van der Waals surface area contributed by atoms with E-state index in [1.165, 1.54) is 17.1 Å². The van der Waals surface area contributed by atoms with Gasteiger partial charge in [0.15, 0.2) is 42.7 Å². The van der Waals surface area contributed by atoms with Crippen molar-refractivity contribution in [3.8, 4) is 0 Å². The SMILES string of the molecule is C.CC1=CCC=[N+]1C.CC1=[N+](C)C=CC1.Cc1cccc[n+]1C.Cn1ccc[n+]1C. The second-order valence-corrected chi connectivity index (χ2v) is 7.40. The van der Waals surface area contributed by atoms with Crippen LogP contribution in [0.5, 0.6) is 0 Å². The van der Waals surface area contributed by atoms with E-state index in [1.54, 1.807) is 0 Å². The molecule has 2 aliphatic heterocycles. The fourth-order valence-corrected chi connectivity index (χ4v) is 2.43. The van der Waals surface area contributed by atoms with Crippen molar-refractivity contribution in [2.45, 2.75) is 41.0 Å². The number of nitrogens with zero attached hydrogens (tertiary/aromatic N) is 5. The Bertz CT molecular complexity index is 844. The molecular formula is C25H43N5+4.